The first-order valence-corrected chi connectivity index (χ1v) is 6.82. The van der Waals surface area contributed by atoms with Gasteiger partial charge >= 0.3 is 0 Å². The third kappa shape index (κ3) is 10.4. The average molecular weight is 231 g/mol. The van der Waals surface area contributed by atoms with Crippen LogP contribution in [0.2, 0.25) is 0 Å². The molecule has 3 nitrogen and oxygen atoms in total. The molecule has 0 aliphatic rings. The minimum atomic E-state index is -0.570. The highest BCUT2D eigenvalue weighted by atomic mass is 16.3. The van der Waals surface area contributed by atoms with E-state index >= 15 is 0 Å². The molecule has 0 heterocycles. The lowest BCUT2D eigenvalue weighted by Gasteiger charge is -2.16. The van der Waals surface area contributed by atoms with E-state index in [4.69, 9.17) is 0 Å². The van der Waals surface area contributed by atoms with Gasteiger partial charge in [0.15, 0.2) is 0 Å². The summed E-state index contributed by atoms with van der Waals surface area (Å²) in [6, 6.07) is 0. The van der Waals surface area contributed by atoms with E-state index in [-0.39, 0.29) is 0 Å². The zero-order valence-electron chi connectivity index (χ0n) is 10.9. The van der Waals surface area contributed by atoms with E-state index in [2.05, 4.69) is 12.2 Å². The van der Waals surface area contributed by atoms with E-state index in [1.807, 2.05) is 6.92 Å². The van der Waals surface area contributed by atoms with Crippen molar-refractivity contribution in [2.24, 2.45) is 0 Å². The molecule has 0 aromatic carbocycles. The molecule has 3 heteroatoms. The summed E-state index contributed by atoms with van der Waals surface area (Å²) in [6.45, 7) is 4.11. The molecule has 0 aromatic heterocycles. The van der Waals surface area contributed by atoms with Gasteiger partial charge in [-0.1, -0.05) is 52.4 Å². The Labute approximate surface area is 100 Å². The Balaban J connectivity index is 3.18. The number of rotatable bonds is 11. The number of unbranched alkanes of at least 4 members (excludes halogenated alkanes) is 6. The van der Waals surface area contributed by atoms with Crippen LogP contribution in [0.25, 0.3) is 0 Å². The van der Waals surface area contributed by atoms with E-state index in [0.29, 0.717) is 6.42 Å². The summed E-state index contributed by atoms with van der Waals surface area (Å²) in [5.41, 5.74) is 0. The van der Waals surface area contributed by atoms with Crippen molar-refractivity contribution in [1.29, 1.82) is 0 Å². The molecule has 2 unspecified atom stereocenters. The Hall–Kier alpha value is -0.120. The molecule has 98 valence electrons. The molecule has 0 bridgehead atoms. The second-order valence-corrected chi connectivity index (χ2v) is 4.52. The zero-order valence-corrected chi connectivity index (χ0v) is 10.9. The molecule has 0 fully saturated rings. The minimum absolute atomic E-state index is 0.550. The molecule has 0 saturated heterocycles. The molecule has 2 atom stereocenters. The van der Waals surface area contributed by atoms with Gasteiger partial charge in [-0.2, -0.15) is 0 Å². The van der Waals surface area contributed by atoms with Crippen LogP contribution in [0.3, 0.4) is 0 Å². The number of aliphatic hydroxyl groups is 2. The molecule has 0 saturated carbocycles. The van der Waals surface area contributed by atoms with Gasteiger partial charge < -0.3 is 10.2 Å². The van der Waals surface area contributed by atoms with Gasteiger partial charge in [-0.05, 0) is 19.3 Å². The van der Waals surface area contributed by atoms with Crippen LogP contribution in [0, 0.1) is 0 Å². The molecule has 0 aliphatic heterocycles. The Morgan fingerprint density at radius 1 is 0.812 bits per heavy atom. The first-order chi connectivity index (χ1) is 7.70. The van der Waals surface area contributed by atoms with Gasteiger partial charge in [0.1, 0.15) is 12.5 Å². The second-order valence-electron chi connectivity index (χ2n) is 4.52. The van der Waals surface area contributed by atoms with Gasteiger partial charge in [0.05, 0.1) is 0 Å². The Bertz CT molecular complexity index is 142. The third-order valence-electron chi connectivity index (χ3n) is 2.85. The van der Waals surface area contributed by atoms with Crippen molar-refractivity contribution in [2.75, 3.05) is 0 Å². The molecule has 3 N–H and O–H groups in total. The topological polar surface area (TPSA) is 52.5 Å². The zero-order chi connectivity index (χ0) is 12.2. The van der Waals surface area contributed by atoms with Crippen molar-refractivity contribution in [1.82, 2.24) is 5.32 Å². The summed E-state index contributed by atoms with van der Waals surface area (Å²) >= 11 is 0. The minimum Gasteiger partial charge on any atom is -0.379 e. The molecule has 0 aromatic rings. The van der Waals surface area contributed by atoms with Crippen molar-refractivity contribution in [3.63, 3.8) is 0 Å². The molecule has 0 amide bonds. The largest absolute Gasteiger partial charge is 0.379 e. The highest BCUT2D eigenvalue weighted by Crippen LogP contribution is 2.09. The van der Waals surface area contributed by atoms with Crippen LogP contribution in [0.15, 0.2) is 0 Å². The summed E-state index contributed by atoms with van der Waals surface area (Å²) in [7, 11) is 0. The quantitative estimate of drug-likeness (QED) is 0.378. The number of hydrogen-bond acceptors (Lipinski definition) is 3. The first-order valence-electron chi connectivity index (χ1n) is 6.82. The Morgan fingerprint density at radius 3 is 1.94 bits per heavy atom. The summed E-state index contributed by atoms with van der Waals surface area (Å²) in [5.74, 6) is 0. The predicted molar refractivity (Wildman–Crippen MR) is 68.1 cm³/mol. The van der Waals surface area contributed by atoms with Crippen LogP contribution in [-0.2, 0) is 0 Å². The lowest BCUT2D eigenvalue weighted by Crippen LogP contribution is -2.37. The summed E-state index contributed by atoms with van der Waals surface area (Å²) in [4.78, 5) is 0. The maximum atomic E-state index is 9.52. The summed E-state index contributed by atoms with van der Waals surface area (Å²) in [6.07, 6.45) is 9.03. The highest BCUT2D eigenvalue weighted by Gasteiger charge is 2.07. The molecule has 16 heavy (non-hydrogen) atoms. The SMILES string of the molecule is CCCCCCCCCC(O)NC(O)CC. The van der Waals surface area contributed by atoms with Crippen molar-refractivity contribution < 1.29 is 10.2 Å². The fraction of sp³-hybridized carbons (Fsp3) is 1.00. The van der Waals surface area contributed by atoms with Crippen LogP contribution in [0.1, 0.15) is 71.6 Å². The molecule has 0 rings (SSSR count). The predicted octanol–water partition coefficient (Wildman–Crippen LogP) is 2.76. The van der Waals surface area contributed by atoms with Gasteiger partial charge in [-0.15, -0.1) is 0 Å². The third-order valence-corrected chi connectivity index (χ3v) is 2.85. The Morgan fingerprint density at radius 2 is 1.38 bits per heavy atom. The van der Waals surface area contributed by atoms with E-state index in [1.165, 1.54) is 38.5 Å². The maximum absolute atomic E-state index is 9.52. The maximum Gasteiger partial charge on any atom is 0.106 e. The van der Waals surface area contributed by atoms with Gasteiger partial charge in [-0.25, -0.2) is 0 Å². The van der Waals surface area contributed by atoms with Gasteiger partial charge in [0.2, 0.25) is 0 Å². The fourth-order valence-electron chi connectivity index (χ4n) is 1.72. The van der Waals surface area contributed by atoms with Crippen LogP contribution >= 0.6 is 0 Å². The van der Waals surface area contributed by atoms with E-state index in [1.54, 1.807) is 0 Å². The van der Waals surface area contributed by atoms with Crippen LogP contribution in [0.4, 0.5) is 0 Å². The molecule has 0 aliphatic carbocycles. The standard InChI is InChI=1S/C13H29NO2/c1-3-5-6-7-8-9-10-11-13(16)14-12(15)4-2/h12-16H,3-11H2,1-2H3. The first kappa shape index (κ1) is 15.9. The van der Waals surface area contributed by atoms with E-state index in [9.17, 15) is 10.2 Å². The van der Waals surface area contributed by atoms with Gasteiger partial charge in [-0.3, -0.25) is 5.32 Å². The summed E-state index contributed by atoms with van der Waals surface area (Å²) in [5, 5.41) is 21.5. The highest BCUT2D eigenvalue weighted by molar-refractivity contribution is 4.57. The number of aliphatic hydroxyl groups excluding tert-OH is 2. The molecular weight excluding hydrogens is 202 g/mol. The van der Waals surface area contributed by atoms with Crippen molar-refractivity contribution >= 4 is 0 Å². The molecule has 0 radical (unpaired) electrons. The van der Waals surface area contributed by atoms with Crippen molar-refractivity contribution in [3.05, 3.63) is 0 Å². The van der Waals surface area contributed by atoms with Crippen molar-refractivity contribution in [3.8, 4) is 0 Å². The molecule has 0 spiro atoms. The Kier molecular flexibility index (Phi) is 11.3. The second kappa shape index (κ2) is 11.4. The van der Waals surface area contributed by atoms with Gasteiger partial charge in [0, 0.05) is 0 Å². The van der Waals surface area contributed by atoms with Crippen molar-refractivity contribution in [2.45, 2.75) is 84.1 Å². The average Bonchev–Trinajstić information content (AvgIpc) is 2.27. The van der Waals surface area contributed by atoms with E-state index in [0.717, 1.165) is 12.8 Å². The van der Waals surface area contributed by atoms with E-state index < -0.39 is 12.5 Å². The lowest BCUT2D eigenvalue weighted by molar-refractivity contribution is 0.0348. The van der Waals surface area contributed by atoms with Crippen LogP contribution in [0.5, 0.6) is 0 Å². The van der Waals surface area contributed by atoms with Crippen LogP contribution in [-0.4, -0.2) is 22.7 Å². The summed E-state index contributed by atoms with van der Waals surface area (Å²) < 4.78 is 0. The fourth-order valence-corrected chi connectivity index (χ4v) is 1.72. The van der Waals surface area contributed by atoms with Crippen LogP contribution < -0.4 is 5.32 Å². The monoisotopic (exact) mass is 231 g/mol. The number of hydrogen-bond donors (Lipinski definition) is 3. The number of nitrogens with one attached hydrogen (secondary N) is 1. The van der Waals surface area contributed by atoms with Gasteiger partial charge in [0.25, 0.3) is 0 Å². The normalized spacial score (nSPS) is 15.0. The molecular formula is C13H29NO2. The lowest BCUT2D eigenvalue weighted by atomic mass is 10.1. The smallest absolute Gasteiger partial charge is 0.106 e.